The lowest BCUT2D eigenvalue weighted by atomic mass is 10.2. The van der Waals surface area contributed by atoms with E-state index >= 15 is 0 Å². The summed E-state index contributed by atoms with van der Waals surface area (Å²) in [5, 5.41) is 9.65. The Morgan fingerprint density at radius 2 is 2.03 bits per heavy atom. The summed E-state index contributed by atoms with van der Waals surface area (Å²) in [5.74, 6) is -0.358. The first-order valence-corrected chi connectivity index (χ1v) is 11.0. The van der Waals surface area contributed by atoms with E-state index in [2.05, 4.69) is 20.9 Å². The fourth-order valence-electron chi connectivity index (χ4n) is 3.27. The molecule has 0 unspecified atom stereocenters. The molecule has 0 aliphatic carbocycles. The van der Waals surface area contributed by atoms with Crippen LogP contribution in [0.4, 0.5) is 15.6 Å². The van der Waals surface area contributed by atoms with E-state index in [4.69, 9.17) is 16.3 Å². The fraction of sp³-hybridized carbons (Fsp3) is 0.227. The SMILES string of the molecule is O=C(Nc1cc(Cl)cc(C(=O)Nc2ncc([C@H]3CCCN3)s2)c1)OCc1ccccc1. The van der Waals surface area contributed by atoms with Gasteiger partial charge in [0.2, 0.25) is 0 Å². The zero-order valence-electron chi connectivity index (χ0n) is 16.6. The van der Waals surface area contributed by atoms with E-state index in [0.29, 0.717) is 27.4 Å². The highest BCUT2D eigenvalue weighted by molar-refractivity contribution is 7.15. The molecule has 3 aromatic rings. The number of hydrogen-bond donors (Lipinski definition) is 3. The normalized spacial score (nSPS) is 15.5. The summed E-state index contributed by atoms with van der Waals surface area (Å²) in [6.07, 6.45) is 3.36. The van der Waals surface area contributed by atoms with Gasteiger partial charge in [-0.1, -0.05) is 41.9 Å². The number of benzene rings is 2. The number of aromatic nitrogens is 1. The van der Waals surface area contributed by atoms with Gasteiger partial charge in [-0.3, -0.25) is 15.4 Å². The van der Waals surface area contributed by atoms with Crippen molar-refractivity contribution >= 4 is 45.8 Å². The lowest BCUT2D eigenvalue weighted by Crippen LogP contribution is -2.15. The minimum Gasteiger partial charge on any atom is -0.444 e. The van der Waals surface area contributed by atoms with Gasteiger partial charge in [-0.15, -0.1) is 11.3 Å². The summed E-state index contributed by atoms with van der Waals surface area (Å²) < 4.78 is 5.21. The number of halogens is 1. The number of thiazole rings is 1. The molecule has 0 spiro atoms. The van der Waals surface area contributed by atoms with Crippen LogP contribution in [0.25, 0.3) is 0 Å². The Kier molecular flexibility index (Phi) is 6.81. The summed E-state index contributed by atoms with van der Waals surface area (Å²) in [6, 6.07) is 14.3. The summed E-state index contributed by atoms with van der Waals surface area (Å²) in [7, 11) is 0. The van der Waals surface area contributed by atoms with Crippen LogP contribution in [0.1, 0.15) is 39.7 Å². The standard InChI is InChI=1S/C22H21ClN4O3S/c23-16-9-15(20(28)27-21-25-12-19(31-21)18-7-4-8-24-18)10-17(11-16)26-22(29)30-13-14-5-2-1-3-6-14/h1-3,5-6,9-12,18,24H,4,7-8,13H2,(H,26,29)(H,25,27,28)/t18-/m1/s1. The zero-order chi connectivity index (χ0) is 21.6. The van der Waals surface area contributed by atoms with Crippen LogP contribution >= 0.6 is 22.9 Å². The Bertz CT molecular complexity index is 1070. The maximum Gasteiger partial charge on any atom is 0.411 e. The third-order valence-corrected chi connectivity index (χ3v) is 6.01. The average Bonchev–Trinajstić information content (AvgIpc) is 3.44. The lowest BCUT2D eigenvalue weighted by Gasteiger charge is -2.09. The molecular weight excluding hydrogens is 436 g/mol. The summed E-state index contributed by atoms with van der Waals surface area (Å²) in [5.41, 5.74) is 1.55. The van der Waals surface area contributed by atoms with Crippen molar-refractivity contribution in [2.45, 2.75) is 25.5 Å². The molecule has 0 radical (unpaired) electrons. The van der Waals surface area contributed by atoms with Gasteiger partial charge in [0.05, 0.1) is 0 Å². The Labute approximate surface area is 188 Å². The van der Waals surface area contributed by atoms with Gasteiger partial charge in [0.15, 0.2) is 5.13 Å². The van der Waals surface area contributed by atoms with Crippen molar-refractivity contribution in [2.75, 3.05) is 17.2 Å². The van der Waals surface area contributed by atoms with E-state index in [-0.39, 0.29) is 12.5 Å². The first-order valence-electron chi connectivity index (χ1n) is 9.85. The highest BCUT2D eigenvalue weighted by Crippen LogP contribution is 2.30. The summed E-state index contributed by atoms with van der Waals surface area (Å²) >= 11 is 7.60. The van der Waals surface area contributed by atoms with Crippen molar-refractivity contribution in [1.29, 1.82) is 0 Å². The Balaban J connectivity index is 1.37. The first kappa shape index (κ1) is 21.3. The number of amides is 2. The fourth-order valence-corrected chi connectivity index (χ4v) is 4.43. The first-order chi connectivity index (χ1) is 15.1. The molecule has 4 rings (SSSR count). The zero-order valence-corrected chi connectivity index (χ0v) is 18.1. The Morgan fingerprint density at radius 3 is 2.81 bits per heavy atom. The van der Waals surface area contributed by atoms with Gasteiger partial charge >= 0.3 is 6.09 Å². The summed E-state index contributed by atoms with van der Waals surface area (Å²) in [6.45, 7) is 1.14. The number of carbonyl (C=O) groups excluding carboxylic acids is 2. The van der Waals surface area contributed by atoms with E-state index in [1.165, 1.54) is 23.5 Å². The second-order valence-electron chi connectivity index (χ2n) is 7.09. The number of carbonyl (C=O) groups is 2. The Hall–Kier alpha value is -2.94. The predicted octanol–water partition coefficient (Wildman–Crippen LogP) is 5.22. The number of rotatable bonds is 6. The van der Waals surface area contributed by atoms with Crippen LogP contribution in [0.5, 0.6) is 0 Å². The molecule has 0 bridgehead atoms. The molecule has 160 valence electrons. The summed E-state index contributed by atoms with van der Waals surface area (Å²) in [4.78, 5) is 30.2. The van der Waals surface area contributed by atoms with Crippen LogP contribution in [-0.4, -0.2) is 23.5 Å². The number of nitrogens with zero attached hydrogens (tertiary/aromatic N) is 1. The van der Waals surface area contributed by atoms with Crippen LogP contribution in [0, 0.1) is 0 Å². The highest BCUT2D eigenvalue weighted by Gasteiger charge is 2.19. The van der Waals surface area contributed by atoms with Gasteiger partial charge in [-0.05, 0) is 43.1 Å². The van der Waals surface area contributed by atoms with Gasteiger partial charge in [0.1, 0.15) is 6.61 Å². The van der Waals surface area contributed by atoms with Gasteiger partial charge in [0, 0.05) is 33.4 Å². The van der Waals surface area contributed by atoms with Crippen LogP contribution in [-0.2, 0) is 11.3 Å². The Morgan fingerprint density at radius 1 is 1.19 bits per heavy atom. The van der Waals surface area contributed by atoms with Gasteiger partial charge < -0.3 is 10.1 Å². The van der Waals surface area contributed by atoms with Gasteiger partial charge in [0.25, 0.3) is 5.91 Å². The quantitative estimate of drug-likeness (QED) is 0.472. The van der Waals surface area contributed by atoms with Crippen molar-refractivity contribution in [1.82, 2.24) is 10.3 Å². The van der Waals surface area contributed by atoms with Crippen LogP contribution < -0.4 is 16.0 Å². The van der Waals surface area contributed by atoms with E-state index in [1.54, 1.807) is 12.3 Å². The maximum atomic E-state index is 12.7. The molecule has 2 heterocycles. The molecule has 1 aromatic heterocycles. The predicted molar refractivity (Wildman–Crippen MR) is 122 cm³/mol. The molecule has 1 aliphatic rings. The second kappa shape index (κ2) is 9.91. The maximum absolute atomic E-state index is 12.7. The molecule has 2 amide bonds. The number of nitrogens with one attached hydrogen (secondary N) is 3. The number of hydrogen-bond acceptors (Lipinski definition) is 6. The van der Waals surface area contributed by atoms with Crippen molar-refractivity contribution < 1.29 is 14.3 Å². The molecule has 9 heteroatoms. The number of ether oxygens (including phenoxy) is 1. The van der Waals surface area contributed by atoms with Gasteiger partial charge in [-0.2, -0.15) is 0 Å². The third-order valence-electron chi connectivity index (χ3n) is 4.77. The molecule has 0 saturated carbocycles. The lowest BCUT2D eigenvalue weighted by molar-refractivity contribution is 0.102. The minimum atomic E-state index is -0.633. The molecule has 1 aliphatic heterocycles. The highest BCUT2D eigenvalue weighted by atomic mass is 35.5. The molecular formula is C22H21ClN4O3S. The van der Waals surface area contributed by atoms with Crippen molar-refractivity contribution in [3.05, 3.63) is 75.8 Å². The molecule has 1 saturated heterocycles. The van der Waals surface area contributed by atoms with E-state index < -0.39 is 6.09 Å². The average molecular weight is 457 g/mol. The van der Waals surface area contributed by atoms with E-state index in [0.717, 1.165) is 29.8 Å². The van der Waals surface area contributed by atoms with E-state index in [1.807, 2.05) is 30.3 Å². The van der Waals surface area contributed by atoms with Crippen LogP contribution in [0.3, 0.4) is 0 Å². The smallest absolute Gasteiger partial charge is 0.411 e. The number of anilines is 2. The molecule has 7 nitrogen and oxygen atoms in total. The van der Waals surface area contributed by atoms with Crippen LogP contribution in [0.2, 0.25) is 5.02 Å². The van der Waals surface area contributed by atoms with E-state index in [9.17, 15) is 9.59 Å². The minimum absolute atomic E-state index is 0.142. The monoisotopic (exact) mass is 456 g/mol. The molecule has 1 atom stereocenters. The largest absolute Gasteiger partial charge is 0.444 e. The molecule has 2 aromatic carbocycles. The van der Waals surface area contributed by atoms with Crippen molar-refractivity contribution in [3.63, 3.8) is 0 Å². The van der Waals surface area contributed by atoms with Crippen molar-refractivity contribution in [2.24, 2.45) is 0 Å². The molecule has 3 N–H and O–H groups in total. The third kappa shape index (κ3) is 5.81. The topological polar surface area (TPSA) is 92.4 Å². The van der Waals surface area contributed by atoms with Crippen molar-refractivity contribution in [3.8, 4) is 0 Å². The van der Waals surface area contributed by atoms with Gasteiger partial charge in [-0.25, -0.2) is 9.78 Å². The second-order valence-corrected chi connectivity index (χ2v) is 8.58. The molecule has 1 fully saturated rings. The van der Waals surface area contributed by atoms with Crippen LogP contribution in [0.15, 0.2) is 54.7 Å². The molecule has 31 heavy (non-hydrogen) atoms.